The summed E-state index contributed by atoms with van der Waals surface area (Å²) in [6.45, 7) is 0.452. The fraction of sp³-hybridized carbons (Fsp3) is 0.667. The Morgan fingerprint density at radius 1 is 1.45 bits per heavy atom. The quantitative estimate of drug-likeness (QED) is 0.244. The smallest absolute Gasteiger partial charge is 0.324 e. The molecule has 0 rings (SSSR count). The van der Waals surface area contributed by atoms with Crippen LogP contribution in [0.15, 0.2) is 6.26 Å². The molecule has 0 aliphatic heterocycles. The summed E-state index contributed by atoms with van der Waals surface area (Å²) in [5.41, 5.74) is 0. The first kappa shape index (κ1) is 10.4. The molecule has 4 nitrogen and oxygen atoms in total. The maximum absolute atomic E-state index is 9.63. The summed E-state index contributed by atoms with van der Waals surface area (Å²) in [4.78, 5) is 9.63. The van der Waals surface area contributed by atoms with Gasteiger partial charge in [-0.2, -0.15) is 0 Å². The lowest BCUT2D eigenvalue weighted by Gasteiger charge is -2.08. The van der Waals surface area contributed by atoms with Crippen LogP contribution in [0.3, 0.4) is 0 Å². The standard InChI is InChI=1S/C6H12O4Si/c1-8-11(9-2)6-5-10-4-3-7/h4,11H,5-6H2,1-2H3. The predicted molar refractivity (Wildman–Crippen MR) is 42.2 cm³/mol. The van der Waals surface area contributed by atoms with Crippen LogP contribution < -0.4 is 0 Å². The summed E-state index contributed by atoms with van der Waals surface area (Å²) in [6.07, 6.45) is 0.997. The Morgan fingerprint density at radius 3 is 2.55 bits per heavy atom. The molecule has 0 saturated heterocycles. The predicted octanol–water partition coefficient (Wildman–Crippen LogP) is -0.138. The monoisotopic (exact) mass is 176 g/mol. The molecule has 0 aromatic heterocycles. The average Bonchev–Trinajstić information content (AvgIpc) is 2.05. The maximum atomic E-state index is 9.63. The molecule has 0 heterocycles. The summed E-state index contributed by atoms with van der Waals surface area (Å²) < 4.78 is 14.8. The van der Waals surface area contributed by atoms with Crippen LogP contribution in [0, 0.1) is 0 Å². The molecule has 0 amide bonds. The summed E-state index contributed by atoms with van der Waals surface area (Å²) in [7, 11) is 1.70. The topological polar surface area (TPSA) is 44.8 Å². The normalized spacial score (nSPS) is 9.36. The van der Waals surface area contributed by atoms with Crippen LogP contribution in [-0.2, 0) is 18.4 Å². The van der Waals surface area contributed by atoms with Gasteiger partial charge in [-0.1, -0.05) is 0 Å². The number of carbonyl (C=O) groups excluding carboxylic acids is 1. The summed E-state index contributed by atoms with van der Waals surface area (Å²) >= 11 is 0. The molecule has 0 aromatic carbocycles. The van der Waals surface area contributed by atoms with Crippen molar-refractivity contribution in [2.45, 2.75) is 6.04 Å². The first-order valence-corrected chi connectivity index (χ1v) is 4.97. The van der Waals surface area contributed by atoms with E-state index in [1.165, 1.54) is 5.94 Å². The highest BCUT2D eigenvalue weighted by molar-refractivity contribution is 6.44. The van der Waals surface area contributed by atoms with Crippen molar-refractivity contribution in [1.82, 2.24) is 0 Å². The van der Waals surface area contributed by atoms with Crippen molar-refractivity contribution >= 4 is 15.2 Å². The van der Waals surface area contributed by atoms with Crippen molar-refractivity contribution in [2.75, 3.05) is 20.8 Å². The fourth-order valence-electron chi connectivity index (χ4n) is 0.589. The molecule has 11 heavy (non-hydrogen) atoms. The number of hydrogen-bond acceptors (Lipinski definition) is 4. The van der Waals surface area contributed by atoms with Gasteiger partial charge in [-0.25, -0.2) is 4.79 Å². The van der Waals surface area contributed by atoms with Gasteiger partial charge in [-0.05, 0) is 0 Å². The van der Waals surface area contributed by atoms with E-state index in [-0.39, 0.29) is 0 Å². The lowest BCUT2D eigenvalue weighted by atomic mass is 10.8. The number of rotatable bonds is 6. The van der Waals surface area contributed by atoms with E-state index in [9.17, 15) is 4.79 Å². The Hall–Kier alpha value is -0.613. The molecule has 0 N–H and O–H groups in total. The van der Waals surface area contributed by atoms with E-state index in [0.717, 1.165) is 12.3 Å². The second-order valence-electron chi connectivity index (χ2n) is 1.80. The molecule has 0 aromatic rings. The van der Waals surface area contributed by atoms with Gasteiger partial charge >= 0.3 is 9.28 Å². The van der Waals surface area contributed by atoms with E-state index in [2.05, 4.69) is 0 Å². The SMILES string of the molecule is CO[SiH](CCOC=C=O)OC. The Bertz CT molecular complexity index is 129. The van der Waals surface area contributed by atoms with Crippen LogP contribution in [0.1, 0.15) is 0 Å². The molecule has 0 spiro atoms. The highest BCUT2D eigenvalue weighted by Crippen LogP contribution is 1.94. The first-order valence-electron chi connectivity index (χ1n) is 3.21. The van der Waals surface area contributed by atoms with Crippen LogP contribution in [-0.4, -0.2) is 36.1 Å². The van der Waals surface area contributed by atoms with E-state index in [1.807, 2.05) is 0 Å². The second-order valence-corrected chi connectivity index (χ2v) is 4.18. The Balaban J connectivity index is 3.27. The second kappa shape index (κ2) is 7.49. The summed E-state index contributed by atoms with van der Waals surface area (Å²) in [5.74, 6) is 1.51. The van der Waals surface area contributed by atoms with Gasteiger partial charge in [0.2, 0.25) is 0 Å². The minimum Gasteiger partial charge on any atom is -0.490 e. The third kappa shape index (κ3) is 5.81. The van der Waals surface area contributed by atoms with Gasteiger partial charge in [0.1, 0.15) is 0 Å². The Morgan fingerprint density at radius 2 is 2.09 bits per heavy atom. The lowest BCUT2D eigenvalue weighted by molar-refractivity contribution is 0.235. The third-order valence-electron chi connectivity index (χ3n) is 1.13. The molecule has 0 saturated carbocycles. The maximum Gasteiger partial charge on any atom is 0.324 e. The number of hydrogen-bond donors (Lipinski definition) is 0. The molecule has 0 aliphatic rings. The van der Waals surface area contributed by atoms with Gasteiger partial charge in [0.15, 0.2) is 12.2 Å². The minimum atomic E-state index is -1.51. The highest BCUT2D eigenvalue weighted by Gasteiger charge is 2.07. The van der Waals surface area contributed by atoms with E-state index < -0.39 is 9.28 Å². The van der Waals surface area contributed by atoms with Crippen molar-refractivity contribution in [3.8, 4) is 0 Å². The largest absolute Gasteiger partial charge is 0.490 e. The van der Waals surface area contributed by atoms with Crippen molar-refractivity contribution < 1.29 is 18.4 Å². The van der Waals surface area contributed by atoms with Crippen molar-refractivity contribution in [3.63, 3.8) is 0 Å². The Kier molecular flexibility index (Phi) is 7.08. The van der Waals surface area contributed by atoms with Gasteiger partial charge in [0.05, 0.1) is 6.61 Å². The van der Waals surface area contributed by atoms with E-state index >= 15 is 0 Å². The van der Waals surface area contributed by atoms with Crippen LogP contribution in [0.4, 0.5) is 0 Å². The van der Waals surface area contributed by atoms with E-state index in [0.29, 0.717) is 6.61 Å². The average molecular weight is 176 g/mol. The van der Waals surface area contributed by atoms with Gasteiger partial charge in [-0.15, -0.1) is 0 Å². The molecular formula is C6H12O4Si. The molecule has 0 unspecified atom stereocenters. The van der Waals surface area contributed by atoms with E-state index in [4.69, 9.17) is 13.6 Å². The summed E-state index contributed by atoms with van der Waals surface area (Å²) in [6, 6.07) is 0.727. The Labute approximate surface area is 67.6 Å². The van der Waals surface area contributed by atoms with E-state index in [1.54, 1.807) is 14.2 Å². The fourth-order valence-corrected chi connectivity index (χ4v) is 1.58. The first-order chi connectivity index (χ1) is 5.35. The molecule has 0 aliphatic carbocycles. The van der Waals surface area contributed by atoms with Gasteiger partial charge in [0, 0.05) is 20.3 Å². The van der Waals surface area contributed by atoms with Crippen LogP contribution in [0.2, 0.25) is 6.04 Å². The zero-order chi connectivity index (χ0) is 8.53. The molecule has 0 fully saturated rings. The third-order valence-corrected chi connectivity index (χ3v) is 2.89. The zero-order valence-electron chi connectivity index (χ0n) is 6.70. The van der Waals surface area contributed by atoms with Gasteiger partial charge < -0.3 is 13.6 Å². The lowest BCUT2D eigenvalue weighted by Crippen LogP contribution is -2.20. The molecule has 5 heteroatoms. The van der Waals surface area contributed by atoms with Gasteiger partial charge in [-0.3, -0.25) is 0 Å². The molecule has 0 bridgehead atoms. The van der Waals surface area contributed by atoms with Crippen molar-refractivity contribution in [2.24, 2.45) is 0 Å². The number of ether oxygens (including phenoxy) is 1. The molecule has 0 radical (unpaired) electrons. The molecule has 64 valence electrons. The van der Waals surface area contributed by atoms with Crippen LogP contribution in [0.25, 0.3) is 0 Å². The van der Waals surface area contributed by atoms with Gasteiger partial charge in [0.25, 0.3) is 0 Å². The molecule has 0 atom stereocenters. The minimum absolute atomic E-state index is 0.452. The highest BCUT2D eigenvalue weighted by atomic mass is 28.3. The van der Waals surface area contributed by atoms with Crippen LogP contribution in [0.5, 0.6) is 0 Å². The van der Waals surface area contributed by atoms with Crippen LogP contribution >= 0.6 is 0 Å². The molecular weight excluding hydrogens is 164 g/mol. The summed E-state index contributed by atoms with van der Waals surface area (Å²) in [5, 5.41) is 0. The van der Waals surface area contributed by atoms with Crippen molar-refractivity contribution in [3.05, 3.63) is 6.26 Å². The zero-order valence-corrected chi connectivity index (χ0v) is 7.86. The van der Waals surface area contributed by atoms with Crippen molar-refractivity contribution in [1.29, 1.82) is 0 Å².